The normalized spacial score (nSPS) is 12.5. The van der Waals surface area contributed by atoms with Crippen LogP contribution in [0, 0.1) is 23.3 Å². The third-order valence-corrected chi connectivity index (χ3v) is 3.47. The zero-order valence-corrected chi connectivity index (χ0v) is 11.9. The molecule has 1 N–H and O–H groups in total. The van der Waals surface area contributed by atoms with Gasteiger partial charge in [-0.3, -0.25) is 0 Å². The largest absolute Gasteiger partial charge is 0.309 e. The maximum absolute atomic E-state index is 13.9. The van der Waals surface area contributed by atoms with E-state index in [-0.39, 0.29) is 15.6 Å². The lowest BCUT2D eigenvalue weighted by molar-refractivity contribution is 0.544. The molecule has 0 bridgehead atoms. The van der Waals surface area contributed by atoms with Gasteiger partial charge in [0.2, 0.25) is 0 Å². The van der Waals surface area contributed by atoms with Gasteiger partial charge in [0, 0.05) is 11.6 Å². The lowest BCUT2D eigenvalue weighted by Gasteiger charge is -2.18. The summed E-state index contributed by atoms with van der Waals surface area (Å²) in [5.74, 6) is -2.89. The molecule has 20 heavy (non-hydrogen) atoms. The summed E-state index contributed by atoms with van der Waals surface area (Å²) in [5, 5.41) is 2.72. The lowest BCUT2D eigenvalue weighted by atomic mass is 9.98. The van der Waals surface area contributed by atoms with E-state index in [9.17, 15) is 17.6 Å². The second-order valence-electron chi connectivity index (χ2n) is 4.21. The van der Waals surface area contributed by atoms with Gasteiger partial charge in [0.15, 0.2) is 0 Å². The molecular weight excluding hydrogens is 338 g/mol. The number of hydrogen-bond donors (Lipinski definition) is 1. The maximum atomic E-state index is 13.9. The van der Waals surface area contributed by atoms with Gasteiger partial charge in [-0.25, -0.2) is 17.6 Å². The predicted molar refractivity (Wildman–Crippen MR) is 71.3 cm³/mol. The molecule has 106 valence electrons. The highest BCUT2D eigenvalue weighted by atomic mass is 79.9. The van der Waals surface area contributed by atoms with Crippen LogP contribution in [0.5, 0.6) is 0 Å². The van der Waals surface area contributed by atoms with Crippen molar-refractivity contribution in [1.82, 2.24) is 5.32 Å². The third kappa shape index (κ3) is 3.02. The molecule has 0 aliphatic carbocycles. The van der Waals surface area contributed by atoms with Crippen LogP contribution in [-0.2, 0) is 0 Å². The monoisotopic (exact) mass is 347 g/mol. The molecule has 0 fully saturated rings. The Morgan fingerprint density at radius 1 is 0.900 bits per heavy atom. The molecule has 0 radical (unpaired) electrons. The van der Waals surface area contributed by atoms with E-state index in [1.165, 1.54) is 7.05 Å². The zero-order chi connectivity index (χ0) is 14.9. The van der Waals surface area contributed by atoms with E-state index >= 15 is 0 Å². The summed E-state index contributed by atoms with van der Waals surface area (Å²) in [7, 11) is 1.49. The highest BCUT2D eigenvalue weighted by Gasteiger charge is 2.20. The van der Waals surface area contributed by atoms with Gasteiger partial charge in [-0.15, -0.1) is 0 Å². The average Bonchev–Trinajstić information content (AvgIpc) is 2.35. The van der Waals surface area contributed by atoms with Crippen molar-refractivity contribution in [2.24, 2.45) is 0 Å². The molecule has 1 unspecified atom stereocenters. The van der Waals surface area contributed by atoms with Crippen molar-refractivity contribution in [3.8, 4) is 0 Å². The van der Waals surface area contributed by atoms with Crippen LogP contribution in [0.2, 0.25) is 0 Å². The van der Waals surface area contributed by atoms with Gasteiger partial charge in [0.05, 0.1) is 10.5 Å². The Balaban J connectivity index is 2.55. The topological polar surface area (TPSA) is 12.0 Å². The van der Waals surface area contributed by atoms with Crippen LogP contribution in [0.25, 0.3) is 0 Å². The van der Waals surface area contributed by atoms with Crippen LogP contribution in [0.15, 0.2) is 34.8 Å². The van der Waals surface area contributed by atoms with Gasteiger partial charge in [0.1, 0.15) is 23.3 Å². The van der Waals surface area contributed by atoms with Crippen LogP contribution in [-0.4, -0.2) is 7.05 Å². The van der Waals surface area contributed by atoms with Crippen LogP contribution in [0.1, 0.15) is 17.2 Å². The molecule has 0 aliphatic rings. The van der Waals surface area contributed by atoms with Crippen LogP contribution in [0.3, 0.4) is 0 Å². The summed E-state index contributed by atoms with van der Waals surface area (Å²) in [5.41, 5.74) is 0.142. The second-order valence-corrected chi connectivity index (χ2v) is 5.07. The molecule has 1 atom stereocenters. The number of hydrogen-bond acceptors (Lipinski definition) is 1. The highest BCUT2D eigenvalue weighted by Crippen LogP contribution is 2.29. The van der Waals surface area contributed by atoms with Gasteiger partial charge in [-0.05, 0) is 52.8 Å². The first kappa shape index (κ1) is 15.0. The quantitative estimate of drug-likeness (QED) is 0.644. The number of benzene rings is 2. The Bertz CT molecular complexity index is 625. The first-order valence-corrected chi connectivity index (χ1v) is 6.49. The minimum absolute atomic E-state index is 0.0148. The molecule has 0 aliphatic heterocycles. The van der Waals surface area contributed by atoms with Crippen LogP contribution in [0.4, 0.5) is 17.6 Å². The van der Waals surface area contributed by atoms with Crippen molar-refractivity contribution in [2.75, 3.05) is 7.05 Å². The molecule has 2 aromatic rings. The van der Waals surface area contributed by atoms with Crippen molar-refractivity contribution in [3.63, 3.8) is 0 Å². The zero-order valence-electron chi connectivity index (χ0n) is 10.4. The molecule has 0 amide bonds. The molecule has 0 saturated heterocycles. The van der Waals surface area contributed by atoms with Crippen LogP contribution < -0.4 is 5.32 Å². The fourth-order valence-corrected chi connectivity index (χ4v) is 2.32. The van der Waals surface area contributed by atoms with Crippen molar-refractivity contribution in [1.29, 1.82) is 0 Å². The minimum Gasteiger partial charge on any atom is -0.309 e. The SMILES string of the molecule is CNC(c1cc(F)cc(F)c1)c1cc(F)c(Br)cc1F. The van der Waals surface area contributed by atoms with Gasteiger partial charge in [0.25, 0.3) is 0 Å². The molecule has 1 nitrogen and oxygen atoms in total. The van der Waals surface area contributed by atoms with E-state index in [1.54, 1.807) is 0 Å². The first-order valence-electron chi connectivity index (χ1n) is 5.70. The Hall–Kier alpha value is -1.40. The molecule has 6 heteroatoms. The predicted octanol–water partition coefficient (Wildman–Crippen LogP) is 4.31. The average molecular weight is 348 g/mol. The van der Waals surface area contributed by atoms with E-state index in [2.05, 4.69) is 21.2 Å². The Labute approximate surface area is 121 Å². The minimum atomic E-state index is -0.859. The summed E-state index contributed by atoms with van der Waals surface area (Å²) in [6.07, 6.45) is 0. The van der Waals surface area contributed by atoms with Crippen molar-refractivity contribution in [2.45, 2.75) is 6.04 Å². The summed E-state index contributed by atoms with van der Waals surface area (Å²) < 4.78 is 53.9. The molecule has 0 aromatic heterocycles. The Morgan fingerprint density at radius 3 is 2.05 bits per heavy atom. The molecule has 0 heterocycles. The van der Waals surface area contributed by atoms with Gasteiger partial charge in [-0.1, -0.05) is 0 Å². The number of nitrogens with one attached hydrogen (secondary N) is 1. The van der Waals surface area contributed by atoms with Gasteiger partial charge >= 0.3 is 0 Å². The van der Waals surface area contributed by atoms with E-state index < -0.39 is 29.3 Å². The van der Waals surface area contributed by atoms with Crippen LogP contribution >= 0.6 is 15.9 Å². The van der Waals surface area contributed by atoms with E-state index in [4.69, 9.17) is 0 Å². The fraction of sp³-hybridized carbons (Fsp3) is 0.143. The number of halogens is 5. The molecule has 0 saturated carbocycles. The van der Waals surface area contributed by atoms with E-state index in [1.807, 2.05) is 0 Å². The fourth-order valence-electron chi connectivity index (χ4n) is 2.00. The summed E-state index contributed by atoms with van der Waals surface area (Å²) in [6.45, 7) is 0. The van der Waals surface area contributed by atoms with Crippen molar-refractivity contribution >= 4 is 15.9 Å². The Morgan fingerprint density at radius 2 is 1.50 bits per heavy atom. The van der Waals surface area contributed by atoms with Crippen molar-refractivity contribution in [3.05, 3.63) is 69.2 Å². The van der Waals surface area contributed by atoms with Gasteiger partial charge in [-0.2, -0.15) is 0 Å². The van der Waals surface area contributed by atoms with Crippen molar-refractivity contribution < 1.29 is 17.6 Å². The smallest absolute Gasteiger partial charge is 0.137 e. The maximum Gasteiger partial charge on any atom is 0.137 e. The van der Waals surface area contributed by atoms with Gasteiger partial charge < -0.3 is 5.32 Å². The first-order chi connectivity index (χ1) is 9.42. The second kappa shape index (κ2) is 5.93. The summed E-state index contributed by atoms with van der Waals surface area (Å²) in [6, 6.07) is 3.97. The van der Waals surface area contributed by atoms with E-state index in [0.29, 0.717) is 0 Å². The standard InChI is InChI=1S/C14H10BrF4N/c1-20-14(7-2-8(16)4-9(17)3-7)10-5-13(19)11(15)6-12(10)18/h2-6,14,20H,1H3. The Kier molecular flexibility index (Phi) is 4.45. The highest BCUT2D eigenvalue weighted by molar-refractivity contribution is 9.10. The summed E-state index contributed by atoms with van der Waals surface area (Å²) in [4.78, 5) is 0. The molecule has 0 spiro atoms. The van der Waals surface area contributed by atoms with E-state index in [0.717, 1.165) is 30.3 Å². The third-order valence-electron chi connectivity index (χ3n) is 2.86. The molecule has 2 aromatic carbocycles. The number of rotatable bonds is 3. The molecule has 2 rings (SSSR count). The lowest BCUT2D eigenvalue weighted by Crippen LogP contribution is -2.19. The molecular formula is C14H10BrF4N. The summed E-state index contributed by atoms with van der Waals surface area (Å²) >= 11 is 2.88.